The minimum atomic E-state index is -1.90. The van der Waals surface area contributed by atoms with Crippen LogP contribution >= 0.6 is 0 Å². The van der Waals surface area contributed by atoms with Gasteiger partial charge in [-0.2, -0.15) is 5.10 Å². The number of rotatable bonds is 11. The molecule has 0 bridgehead atoms. The van der Waals surface area contributed by atoms with E-state index in [0.717, 1.165) is 16.7 Å². The number of aliphatic hydroxyl groups is 1. The topological polar surface area (TPSA) is 112 Å². The van der Waals surface area contributed by atoms with Gasteiger partial charge < -0.3 is 35.1 Å². The zero-order valence-electron chi connectivity index (χ0n) is 22.6. The Hall–Kier alpha value is -3.83. The Kier molecular flexibility index (Phi) is 8.24. The van der Waals surface area contributed by atoms with Gasteiger partial charge in [-0.15, -0.1) is 0 Å². The van der Waals surface area contributed by atoms with Crippen molar-refractivity contribution in [2.75, 3.05) is 6.61 Å². The van der Waals surface area contributed by atoms with E-state index in [1.54, 1.807) is 10.7 Å². The summed E-state index contributed by atoms with van der Waals surface area (Å²) in [5.74, 6) is -1.90. The van der Waals surface area contributed by atoms with Gasteiger partial charge in [-0.1, -0.05) is 91.0 Å². The highest BCUT2D eigenvalue weighted by Crippen LogP contribution is 2.43. The number of nitrogens with one attached hydrogen (secondary N) is 1. The molecule has 9 heteroatoms. The first-order valence-electron chi connectivity index (χ1n) is 13.7. The molecular weight excluding hydrogens is 520 g/mol. The smallest absolute Gasteiger partial charge is 0.240 e. The van der Waals surface area contributed by atoms with Gasteiger partial charge >= 0.3 is 0 Å². The molecule has 0 aliphatic carbocycles. The lowest BCUT2D eigenvalue weighted by Crippen LogP contribution is -2.45. The van der Waals surface area contributed by atoms with Gasteiger partial charge in [0.05, 0.1) is 32.1 Å². The Bertz CT molecular complexity index is 1430. The fourth-order valence-corrected chi connectivity index (χ4v) is 5.25. The molecule has 0 radical (unpaired) electrons. The molecule has 5 atom stereocenters. The summed E-state index contributed by atoms with van der Waals surface area (Å²) in [5, 5.41) is 19.8. The second-order valence-electron chi connectivity index (χ2n) is 10.2. The quantitative estimate of drug-likeness (QED) is 0.259. The van der Waals surface area contributed by atoms with E-state index in [2.05, 4.69) is 10.4 Å². The highest BCUT2D eigenvalue weighted by Gasteiger charge is 2.59. The van der Waals surface area contributed by atoms with E-state index >= 15 is 0 Å². The number of nitrogens with two attached hydrogens (primary N) is 1. The lowest BCUT2D eigenvalue weighted by Gasteiger charge is -2.31. The van der Waals surface area contributed by atoms with Crippen molar-refractivity contribution < 1.29 is 24.1 Å². The number of fused-ring (bicyclic) bond motifs is 1. The Morgan fingerprint density at radius 1 is 0.805 bits per heavy atom. The molecular formula is C32H34N4O5. The predicted octanol–water partition coefficient (Wildman–Crippen LogP) is 3.77. The molecule has 2 aliphatic heterocycles. The Labute approximate surface area is 239 Å². The van der Waals surface area contributed by atoms with Crippen molar-refractivity contribution in [2.24, 2.45) is 10.8 Å². The molecule has 0 saturated carbocycles. The van der Waals surface area contributed by atoms with E-state index in [4.69, 9.17) is 24.7 Å². The third kappa shape index (κ3) is 5.96. The van der Waals surface area contributed by atoms with E-state index in [0.29, 0.717) is 24.6 Å². The molecule has 1 aromatic heterocycles. The summed E-state index contributed by atoms with van der Waals surface area (Å²) in [6.07, 6.45) is -1.19. The predicted molar refractivity (Wildman–Crippen MR) is 153 cm³/mol. The average Bonchev–Trinajstić information content (AvgIpc) is 3.57. The zero-order valence-corrected chi connectivity index (χ0v) is 22.6. The number of nitrogens with zero attached hydrogens (tertiary/aromatic N) is 2. The zero-order chi connectivity index (χ0) is 28.1. The maximum atomic E-state index is 12.3. The number of benzene rings is 3. The summed E-state index contributed by atoms with van der Waals surface area (Å²) in [6, 6.07) is 33.2. The summed E-state index contributed by atoms with van der Waals surface area (Å²) in [5.41, 5.74) is 10.3. The molecule has 41 heavy (non-hydrogen) atoms. The van der Waals surface area contributed by atoms with Crippen LogP contribution in [0.3, 0.4) is 0 Å². The highest BCUT2D eigenvalue weighted by atomic mass is 16.7. The molecule has 6 rings (SSSR count). The highest BCUT2D eigenvalue weighted by molar-refractivity contribution is 5.57. The van der Waals surface area contributed by atoms with E-state index in [9.17, 15) is 5.11 Å². The number of ether oxygens (including phenoxy) is 4. The molecule has 0 amide bonds. The van der Waals surface area contributed by atoms with Crippen LogP contribution in [0, 0.1) is 0 Å². The molecule has 9 nitrogen and oxygen atoms in total. The summed E-state index contributed by atoms with van der Waals surface area (Å²) >= 11 is 0. The van der Waals surface area contributed by atoms with Crippen molar-refractivity contribution >= 4 is 6.34 Å². The third-order valence-electron chi connectivity index (χ3n) is 7.33. The lowest BCUT2D eigenvalue weighted by molar-refractivity contribution is -0.256. The molecule has 3 aromatic carbocycles. The fraction of sp³-hybridized carbons (Fsp3) is 0.281. The van der Waals surface area contributed by atoms with E-state index in [1.165, 1.54) is 6.34 Å². The summed E-state index contributed by atoms with van der Waals surface area (Å²) in [4.78, 5) is 0. The molecule has 1 unspecified atom stereocenters. The van der Waals surface area contributed by atoms with Crippen molar-refractivity contribution in [3.8, 4) is 0 Å². The molecule has 2 aliphatic rings. The maximum absolute atomic E-state index is 12.3. The molecule has 4 N–H and O–H groups in total. The summed E-state index contributed by atoms with van der Waals surface area (Å²) < 4.78 is 27.1. The van der Waals surface area contributed by atoms with Crippen LogP contribution in [0.2, 0.25) is 0 Å². The third-order valence-corrected chi connectivity index (χ3v) is 7.33. The SMILES string of the molecule is NC1NC=Nn2c1ccc2[C@]1(O)O[C@H](COCc2ccccc2)[C@@H](OCc2ccccc2)[C@H]1OCc1ccccc1. The van der Waals surface area contributed by atoms with Crippen molar-refractivity contribution in [3.63, 3.8) is 0 Å². The maximum Gasteiger partial charge on any atom is 0.240 e. The minimum absolute atomic E-state index is 0.180. The van der Waals surface area contributed by atoms with Crippen molar-refractivity contribution in [3.05, 3.63) is 131 Å². The number of hydrogen-bond acceptors (Lipinski definition) is 8. The Balaban J connectivity index is 1.32. The number of aromatic nitrogens is 1. The van der Waals surface area contributed by atoms with Crippen molar-refractivity contribution in [1.82, 2.24) is 9.99 Å². The van der Waals surface area contributed by atoms with Crippen LogP contribution in [0.4, 0.5) is 0 Å². The van der Waals surface area contributed by atoms with Crippen LogP contribution in [0.25, 0.3) is 0 Å². The Morgan fingerprint density at radius 3 is 2.02 bits per heavy atom. The van der Waals surface area contributed by atoms with E-state index in [1.807, 2.05) is 97.1 Å². The van der Waals surface area contributed by atoms with E-state index in [-0.39, 0.29) is 13.2 Å². The first kappa shape index (κ1) is 27.3. The second kappa shape index (κ2) is 12.4. The van der Waals surface area contributed by atoms with Crippen LogP contribution in [0.1, 0.15) is 34.2 Å². The Morgan fingerprint density at radius 2 is 1.39 bits per heavy atom. The van der Waals surface area contributed by atoms with Gasteiger partial charge in [-0.25, -0.2) is 4.68 Å². The largest absolute Gasteiger partial charge is 0.374 e. The van der Waals surface area contributed by atoms with Crippen molar-refractivity contribution in [1.29, 1.82) is 0 Å². The molecule has 1 saturated heterocycles. The fourth-order valence-electron chi connectivity index (χ4n) is 5.25. The van der Waals surface area contributed by atoms with Gasteiger partial charge in [0.2, 0.25) is 5.79 Å². The second-order valence-corrected chi connectivity index (χ2v) is 10.2. The molecule has 4 aromatic rings. The number of hydrogen-bond donors (Lipinski definition) is 3. The van der Waals surface area contributed by atoms with Gasteiger partial charge in [-0.05, 0) is 28.8 Å². The molecule has 3 heterocycles. The van der Waals surface area contributed by atoms with E-state index < -0.39 is 30.3 Å². The normalized spacial score (nSPS) is 25.1. The van der Waals surface area contributed by atoms with Gasteiger partial charge in [0.25, 0.3) is 0 Å². The average molecular weight is 555 g/mol. The van der Waals surface area contributed by atoms with Crippen LogP contribution in [-0.2, 0) is 44.6 Å². The first-order chi connectivity index (χ1) is 20.1. The van der Waals surface area contributed by atoms with Crippen molar-refractivity contribution in [2.45, 2.75) is 50.1 Å². The van der Waals surface area contributed by atoms with Gasteiger partial charge in [-0.3, -0.25) is 0 Å². The van der Waals surface area contributed by atoms with Crippen LogP contribution in [0.5, 0.6) is 0 Å². The standard InChI is InChI=1S/C32H34N4O5/c33-31-26-16-17-28(36(26)35-22-34-31)32(37)30(40-20-25-14-8-3-9-15-25)29(39-19-24-12-6-2-7-13-24)27(41-32)21-38-18-23-10-4-1-5-11-23/h1-17,22,27,29-31,37H,18-21,33H2,(H,34,35)/t27-,29-,30-,31?,32+/m1/s1. The van der Waals surface area contributed by atoms with Crippen LogP contribution in [-0.4, -0.2) is 41.0 Å². The molecule has 0 spiro atoms. The first-order valence-corrected chi connectivity index (χ1v) is 13.7. The van der Waals surface area contributed by atoms with Crippen LogP contribution in [0.15, 0.2) is 108 Å². The molecule has 212 valence electrons. The lowest BCUT2D eigenvalue weighted by atomic mass is 10.0. The van der Waals surface area contributed by atoms with Gasteiger partial charge in [0.1, 0.15) is 36.5 Å². The van der Waals surface area contributed by atoms with Gasteiger partial charge in [0.15, 0.2) is 0 Å². The molecule has 1 fully saturated rings. The van der Waals surface area contributed by atoms with Gasteiger partial charge in [0, 0.05) is 0 Å². The summed E-state index contributed by atoms with van der Waals surface area (Å²) in [7, 11) is 0. The summed E-state index contributed by atoms with van der Waals surface area (Å²) in [6.45, 7) is 1.13. The van der Waals surface area contributed by atoms with Crippen LogP contribution < -0.4 is 11.1 Å². The monoisotopic (exact) mass is 554 g/mol. The minimum Gasteiger partial charge on any atom is -0.374 e.